The number of nitrogens with zero attached hydrogens (tertiary/aromatic N) is 2. The van der Waals surface area contributed by atoms with Crippen LogP contribution in [0.2, 0.25) is 0 Å². The maximum Gasteiger partial charge on any atom is 0.328 e. The van der Waals surface area contributed by atoms with Crippen LogP contribution in [0.4, 0.5) is 4.79 Å². The van der Waals surface area contributed by atoms with Crippen LogP contribution in [0.1, 0.15) is 11.3 Å². The minimum Gasteiger partial charge on any atom is -0.438 e. The van der Waals surface area contributed by atoms with Gasteiger partial charge in [0.25, 0.3) is 0 Å². The van der Waals surface area contributed by atoms with Crippen LogP contribution >= 0.6 is 0 Å². The van der Waals surface area contributed by atoms with Gasteiger partial charge >= 0.3 is 6.03 Å². The number of carbonyl (C=O) groups is 4. The normalized spacial score (nSPS) is 14.3. The summed E-state index contributed by atoms with van der Waals surface area (Å²) in [5, 5.41) is 8.36. The van der Waals surface area contributed by atoms with Crippen LogP contribution in [0, 0.1) is 12.8 Å². The molecule has 2 heterocycles. The number of imide groups is 2. The van der Waals surface area contributed by atoms with E-state index in [0.29, 0.717) is 22.9 Å². The Labute approximate surface area is 182 Å². The van der Waals surface area contributed by atoms with Crippen LogP contribution in [0.5, 0.6) is 11.6 Å². The van der Waals surface area contributed by atoms with Gasteiger partial charge in [0.1, 0.15) is 5.75 Å². The number of hydrogen-bond donors (Lipinski definition) is 2. The first kappa shape index (κ1) is 20.7. The predicted octanol–water partition coefficient (Wildman–Crippen LogP) is 2.54. The lowest BCUT2D eigenvalue weighted by atomic mass is 9.99. The molecular formula is C23H18N4O5. The van der Waals surface area contributed by atoms with Crippen molar-refractivity contribution < 1.29 is 23.9 Å². The summed E-state index contributed by atoms with van der Waals surface area (Å²) in [5.41, 5.74) is 1.81. The highest BCUT2D eigenvalue weighted by molar-refractivity contribution is 6.29. The zero-order valence-corrected chi connectivity index (χ0v) is 16.9. The van der Waals surface area contributed by atoms with E-state index < -0.39 is 29.5 Å². The quantitative estimate of drug-likeness (QED) is 0.458. The second-order valence-corrected chi connectivity index (χ2v) is 6.94. The van der Waals surface area contributed by atoms with Crippen LogP contribution in [-0.2, 0) is 14.4 Å². The number of aryl methyl sites for hydroxylation is 1. The molecule has 2 N–H and O–H groups in total. The van der Waals surface area contributed by atoms with Gasteiger partial charge in [-0.3, -0.25) is 25.0 Å². The third-order valence-corrected chi connectivity index (χ3v) is 4.72. The van der Waals surface area contributed by atoms with Gasteiger partial charge in [-0.15, -0.1) is 0 Å². The Morgan fingerprint density at radius 2 is 1.56 bits per heavy atom. The van der Waals surface area contributed by atoms with E-state index in [1.165, 1.54) is 6.08 Å². The Hall–Kier alpha value is -4.53. The molecule has 0 unspecified atom stereocenters. The zero-order valence-electron chi connectivity index (χ0n) is 16.9. The average Bonchev–Trinajstić information content (AvgIpc) is 3.08. The van der Waals surface area contributed by atoms with E-state index in [-0.39, 0.29) is 0 Å². The number of aromatic nitrogens is 2. The summed E-state index contributed by atoms with van der Waals surface area (Å²) >= 11 is 0. The van der Waals surface area contributed by atoms with E-state index in [1.54, 1.807) is 23.7 Å². The number of nitrogens with one attached hydrogen (secondary N) is 2. The fraction of sp³-hybridized carbons (Fsp3) is 0.0870. The number of carbonyl (C=O) groups excluding carboxylic acids is 4. The van der Waals surface area contributed by atoms with Gasteiger partial charge in [-0.05, 0) is 43.3 Å². The van der Waals surface area contributed by atoms with Crippen molar-refractivity contribution in [3.63, 3.8) is 0 Å². The van der Waals surface area contributed by atoms with Crippen molar-refractivity contribution in [2.45, 2.75) is 6.92 Å². The molecule has 1 saturated heterocycles. The first-order chi connectivity index (χ1) is 15.4. The Bertz CT molecular complexity index is 1210. The molecule has 160 valence electrons. The molecular weight excluding hydrogens is 412 g/mol. The topological polar surface area (TPSA) is 119 Å². The molecule has 0 saturated carbocycles. The molecule has 32 heavy (non-hydrogen) atoms. The summed E-state index contributed by atoms with van der Waals surface area (Å²) in [5.74, 6) is -3.43. The Kier molecular flexibility index (Phi) is 5.63. The van der Waals surface area contributed by atoms with Crippen LogP contribution in [0.15, 0.2) is 66.7 Å². The Morgan fingerprint density at radius 3 is 2.19 bits per heavy atom. The number of amides is 4. The molecule has 0 atom stereocenters. The molecule has 9 heteroatoms. The molecule has 1 aliphatic rings. The van der Waals surface area contributed by atoms with Crippen molar-refractivity contribution in [3.8, 4) is 17.3 Å². The van der Waals surface area contributed by atoms with E-state index in [2.05, 4.69) is 5.10 Å². The number of para-hydroxylation sites is 2. The molecule has 0 radical (unpaired) electrons. The molecule has 3 aromatic rings. The van der Waals surface area contributed by atoms with Crippen LogP contribution in [-0.4, -0.2) is 33.4 Å². The summed E-state index contributed by atoms with van der Waals surface area (Å²) < 4.78 is 7.69. The third kappa shape index (κ3) is 4.17. The van der Waals surface area contributed by atoms with E-state index in [1.807, 2.05) is 59.2 Å². The molecule has 4 rings (SSSR count). The largest absolute Gasteiger partial charge is 0.438 e. The molecule has 4 amide bonds. The van der Waals surface area contributed by atoms with Gasteiger partial charge in [-0.1, -0.05) is 36.4 Å². The van der Waals surface area contributed by atoms with Crippen molar-refractivity contribution in [1.82, 2.24) is 20.4 Å². The predicted molar refractivity (Wildman–Crippen MR) is 114 cm³/mol. The zero-order chi connectivity index (χ0) is 22.7. The van der Waals surface area contributed by atoms with Gasteiger partial charge in [0.05, 0.1) is 16.9 Å². The highest BCUT2D eigenvalue weighted by Crippen LogP contribution is 2.31. The van der Waals surface area contributed by atoms with Gasteiger partial charge in [-0.2, -0.15) is 9.78 Å². The lowest BCUT2D eigenvalue weighted by Gasteiger charge is -2.18. The summed E-state index contributed by atoms with van der Waals surface area (Å²) in [7, 11) is 0. The van der Waals surface area contributed by atoms with Gasteiger partial charge in [0.15, 0.2) is 11.7 Å². The number of barbiturate groups is 1. The lowest BCUT2D eigenvalue weighted by Crippen LogP contribution is -2.57. The number of hydrogen-bond acceptors (Lipinski definition) is 6. The lowest BCUT2D eigenvalue weighted by molar-refractivity contribution is -0.140. The summed E-state index contributed by atoms with van der Waals surface area (Å²) in [6, 6.07) is 17.4. The number of ketones is 1. The first-order valence-corrected chi connectivity index (χ1v) is 9.69. The minimum absolute atomic E-state index is 0.358. The fourth-order valence-corrected chi connectivity index (χ4v) is 3.19. The van der Waals surface area contributed by atoms with E-state index >= 15 is 0 Å². The molecule has 1 aromatic heterocycles. The van der Waals surface area contributed by atoms with Crippen LogP contribution in [0.25, 0.3) is 11.8 Å². The van der Waals surface area contributed by atoms with E-state index in [0.717, 1.165) is 11.8 Å². The van der Waals surface area contributed by atoms with E-state index in [4.69, 9.17) is 4.74 Å². The monoisotopic (exact) mass is 430 g/mol. The standard InChI is InChI=1S/C23H18N4O5/c1-14-17(12-13-18(28)19-20(29)24-23(31)25-21(19)30)22(32-16-10-6-3-7-11-16)27(26-14)15-8-4-2-5-9-15/h2-13,19H,1H3,(H2,24,25,29,30,31)/b13-12+. The molecule has 2 aromatic carbocycles. The Morgan fingerprint density at radius 1 is 0.969 bits per heavy atom. The average molecular weight is 430 g/mol. The van der Waals surface area contributed by atoms with Crippen LogP contribution in [0.3, 0.4) is 0 Å². The molecule has 0 aliphatic carbocycles. The van der Waals surface area contributed by atoms with Crippen molar-refractivity contribution >= 4 is 29.7 Å². The molecule has 1 fully saturated rings. The number of allylic oxidation sites excluding steroid dienone is 1. The third-order valence-electron chi connectivity index (χ3n) is 4.72. The SMILES string of the molecule is Cc1nn(-c2ccccc2)c(Oc2ccccc2)c1/C=C/C(=O)C1C(=O)NC(=O)NC1=O. The number of ether oxygens (including phenoxy) is 1. The first-order valence-electron chi connectivity index (χ1n) is 9.69. The molecule has 1 aliphatic heterocycles. The number of rotatable bonds is 6. The van der Waals surface area contributed by atoms with Crippen molar-refractivity contribution in [1.29, 1.82) is 0 Å². The fourth-order valence-electron chi connectivity index (χ4n) is 3.19. The smallest absolute Gasteiger partial charge is 0.328 e. The van der Waals surface area contributed by atoms with Crippen LogP contribution < -0.4 is 15.4 Å². The maximum absolute atomic E-state index is 12.6. The van der Waals surface area contributed by atoms with Gasteiger partial charge < -0.3 is 4.74 Å². The van der Waals surface area contributed by atoms with Gasteiger partial charge in [0.2, 0.25) is 17.7 Å². The Balaban J connectivity index is 1.71. The van der Waals surface area contributed by atoms with Gasteiger partial charge in [-0.25, -0.2) is 4.79 Å². The van der Waals surface area contributed by atoms with Gasteiger partial charge in [0, 0.05) is 0 Å². The van der Waals surface area contributed by atoms with Crippen molar-refractivity contribution in [2.75, 3.05) is 0 Å². The number of benzene rings is 2. The van der Waals surface area contributed by atoms with Crippen molar-refractivity contribution in [3.05, 3.63) is 78.0 Å². The molecule has 0 spiro atoms. The molecule has 9 nitrogen and oxygen atoms in total. The highest BCUT2D eigenvalue weighted by Gasteiger charge is 2.38. The second-order valence-electron chi connectivity index (χ2n) is 6.94. The molecule has 0 bridgehead atoms. The summed E-state index contributed by atoms with van der Waals surface area (Å²) in [6.07, 6.45) is 2.55. The summed E-state index contributed by atoms with van der Waals surface area (Å²) in [4.78, 5) is 47.7. The van der Waals surface area contributed by atoms with E-state index in [9.17, 15) is 19.2 Å². The number of urea groups is 1. The van der Waals surface area contributed by atoms with Crippen molar-refractivity contribution in [2.24, 2.45) is 5.92 Å². The highest BCUT2D eigenvalue weighted by atomic mass is 16.5. The minimum atomic E-state index is -1.65. The second kappa shape index (κ2) is 8.68. The summed E-state index contributed by atoms with van der Waals surface area (Å²) in [6.45, 7) is 1.75. The maximum atomic E-state index is 12.6.